The lowest BCUT2D eigenvalue weighted by Gasteiger charge is -2.14. The lowest BCUT2D eigenvalue weighted by atomic mass is 9.99. The predicted octanol–water partition coefficient (Wildman–Crippen LogP) is 2.79. The number of halogens is 2. The number of sulfone groups is 1. The van der Waals surface area contributed by atoms with Crippen LogP contribution >= 0.6 is 23.2 Å². The summed E-state index contributed by atoms with van der Waals surface area (Å²) in [7, 11) is -3.66. The zero-order valence-electron chi connectivity index (χ0n) is 13.4. The Morgan fingerprint density at radius 2 is 1.72 bits per heavy atom. The number of nitrogens with two attached hydrogens (primary N) is 2. The van der Waals surface area contributed by atoms with Gasteiger partial charge in [-0.3, -0.25) is 4.79 Å². The molecule has 0 atom stereocenters. The van der Waals surface area contributed by atoms with Gasteiger partial charge in [-0.05, 0) is 36.8 Å². The van der Waals surface area contributed by atoms with Gasteiger partial charge in [-0.25, -0.2) is 8.42 Å². The summed E-state index contributed by atoms with van der Waals surface area (Å²) in [6.45, 7) is 1.65. The molecule has 1 amide bonds. The molecule has 2 rings (SSSR count). The zero-order valence-corrected chi connectivity index (χ0v) is 15.7. The topological polar surface area (TPSA) is 116 Å². The molecule has 4 N–H and O–H groups in total. The molecule has 0 aliphatic carbocycles. The van der Waals surface area contributed by atoms with E-state index in [2.05, 4.69) is 4.99 Å². The first-order valence-electron chi connectivity index (χ1n) is 6.95. The van der Waals surface area contributed by atoms with Gasteiger partial charge in [-0.2, -0.15) is 4.99 Å². The average Bonchev–Trinajstić information content (AvgIpc) is 2.44. The molecular formula is C16H15Cl2N3O3S. The van der Waals surface area contributed by atoms with Gasteiger partial charge in [0.25, 0.3) is 5.91 Å². The molecule has 0 heterocycles. The number of rotatable bonds is 3. The average molecular weight is 400 g/mol. The first kappa shape index (κ1) is 19.2. The van der Waals surface area contributed by atoms with Crippen LogP contribution in [0.3, 0.4) is 0 Å². The molecule has 0 spiro atoms. The zero-order chi connectivity index (χ0) is 18.9. The number of nitrogens with zero attached hydrogens (tertiary/aromatic N) is 1. The van der Waals surface area contributed by atoms with E-state index in [1.54, 1.807) is 25.1 Å². The maximum Gasteiger partial charge on any atom is 0.280 e. The van der Waals surface area contributed by atoms with Crippen LogP contribution in [0.15, 0.2) is 40.2 Å². The first-order chi connectivity index (χ1) is 11.5. The molecule has 0 aliphatic rings. The number of aliphatic imine (C=N–C) groups is 1. The SMILES string of the molecule is Cc1cc(-c2ccc(Cl)cc2Cl)c(S(C)(=O)=O)cc1C(=O)N=C(N)N. The number of benzene rings is 2. The van der Waals surface area contributed by atoms with Crippen molar-refractivity contribution in [3.8, 4) is 11.1 Å². The number of carbonyl (C=O) groups is 1. The van der Waals surface area contributed by atoms with Gasteiger partial charge in [-0.1, -0.05) is 29.3 Å². The van der Waals surface area contributed by atoms with Crippen molar-refractivity contribution < 1.29 is 13.2 Å². The Bertz CT molecular complexity index is 998. The van der Waals surface area contributed by atoms with Crippen molar-refractivity contribution in [2.45, 2.75) is 11.8 Å². The van der Waals surface area contributed by atoms with Gasteiger partial charge in [0.2, 0.25) is 0 Å². The van der Waals surface area contributed by atoms with E-state index >= 15 is 0 Å². The van der Waals surface area contributed by atoms with Crippen LogP contribution in [0, 0.1) is 6.92 Å². The quantitative estimate of drug-likeness (QED) is 0.607. The van der Waals surface area contributed by atoms with Crippen molar-refractivity contribution >= 4 is 44.9 Å². The maximum atomic E-state index is 12.2. The molecule has 25 heavy (non-hydrogen) atoms. The second kappa shape index (κ2) is 7.03. The fourth-order valence-electron chi connectivity index (χ4n) is 2.32. The second-order valence-corrected chi connectivity index (χ2v) is 8.23. The molecular weight excluding hydrogens is 385 g/mol. The van der Waals surface area contributed by atoms with E-state index in [1.165, 1.54) is 12.1 Å². The third-order valence-corrected chi connectivity index (χ3v) is 5.09. The highest BCUT2D eigenvalue weighted by Gasteiger charge is 2.21. The van der Waals surface area contributed by atoms with Gasteiger partial charge in [-0.15, -0.1) is 0 Å². The number of aryl methyl sites for hydroxylation is 1. The normalized spacial score (nSPS) is 11.2. The smallest absolute Gasteiger partial charge is 0.280 e. The predicted molar refractivity (Wildman–Crippen MR) is 99.9 cm³/mol. The minimum absolute atomic E-state index is 0.0588. The number of amides is 1. The van der Waals surface area contributed by atoms with Crippen LogP contribution in [0.25, 0.3) is 11.1 Å². The summed E-state index contributed by atoms with van der Waals surface area (Å²) >= 11 is 12.1. The molecule has 0 aromatic heterocycles. The number of hydrogen-bond acceptors (Lipinski definition) is 3. The lowest BCUT2D eigenvalue weighted by Crippen LogP contribution is -2.24. The van der Waals surface area contributed by atoms with Gasteiger partial charge in [0.05, 0.1) is 4.90 Å². The highest BCUT2D eigenvalue weighted by molar-refractivity contribution is 7.90. The monoisotopic (exact) mass is 399 g/mol. The van der Waals surface area contributed by atoms with Crippen LogP contribution in [0.5, 0.6) is 0 Å². The summed E-state index contributed by atoms with van der Waals surface area (Å²) in [4.78, 5) is 15.5. The summed E-state index contributed by atoms with van der Waals surface area (Å²) in [6, 6.07) is 7.53. The molecule has 0 radical (unpaired) electrons. The molecule has 132 valence electrons. The number of carbonyl (C=O) groups excluding carboxylic acids is 1. The van der Waals surface area contributed by atoms with Gasteiger partial charge in [0.15, 0.2) is 15.8 Å². The molecule has 2 aromatic rings. The molecule has 0 aliphatic heterocycles. The van der Waals surface area contributed by atoms with E-state index < -0.39 is 21.7 Å². The minimum atomic E-state index is -3.66. The molecule has 9 heteroatoms. The molecule has 0 saturated heterocycles. The van der Waals surface area contributed by atoms with Crippen LogP contribution < -0.4 is 11.5 Å². The molecule has 6 nitrogen and oxygen atoms in total. The Labute approximate surface area is 155 Å². The van der Waals surface area contributed by atoms with Crippen molar-refractivity contribution in [3.63, 3.8) is 0 Å². The van der Waals surface area contributed by atoms with E-state index in [-0.39, 0.29) is 10.5 Å². The van der Waals surface area contributed by atoms with E-state index in [0.717, 1.165) is 6.26 Å². The molecule has 0 saturated carbocycles. The standard InChI is InChI=1S/C16H15Cl2N3O3S/c1-8-5-12(10-4-3-9(17)6-13(10)18)14(25(2,23)24)7-11(8)15(22)21-16(19)20/h3-7H,1-2H3,(H4,19,20,21,22). The van der Waals surface area contributed by atoms with E-state index in [4.69, 9.17) is 34.7 Å². The molecule has 2 aromatic carbocycles. The van der Waals surface area contributed by atoms with Crippen LogP contribution in [0.1, 0.15) is 15.9 Å². The number of guanidine groups is 1. The Balaban J connectivity index is 2.80. The van der Waals surface area contributed by atoms with Crippen LogP contribution in [-0.2, 0) is 9.84 Å². The highest BCUT2D eigenvalue weighted by atomic mass is 35.5. The highest BCUT2D eigenvalue weighted by Crippen LogP contribution is 2.36. The van der Waals surface area contributed by atoms with E-state index in [9.17, 15) is 13.2 Å². The van der Waals surface area contributed by atoms with Gasteiger partial charge < -0.3 is 11.5 Å². The second-order valence-electron chi connectivity index (χ2n) is 5.40. The molecule has 0 unspecified atom stereocenters. The summed E-state index contributed by atoms with van der Waals surface area (Å²) < 4.78 is 24.5. The largest absolute Gasteiger partial charge is 0.370 e. The Kier molecular flexibility index (Phi) is 5.41. The molecule has 0 bridgehead atoms. The lowest BCUT2D eigenvalue weighted by molar-refractivity contribution is 0.100. The summed E-state index contributed by atoms with van der Waals surface area (Å²) in [5.74, 6) is -1.13. The fraction of sp³-hybridized carbons (Fsp3) is 0.125. The van der Waals surface area contributed by atoms with Gasteiger partial charge >= 0.3 is 0 Å². The Morgan fingerprint density at radius 3 is 2.24 bits per heavy atom. The Hall–Kier alpha value is -2.09. The van der Waals surface area contributed by atoms with E-state index in [1.807, 2.05) is 0 Å². The van der Waals surface area contributed by atoms with Crippen molar-refractivity contribution in [2.24, 2.45) is 16.5 Å². The van der Waals surface area contributed by atoms with Crippen molar-refractivity contribution in [2.75, 3.05) is 6.26 Å². The fourth-order valence-corrected chi connectivity index (χ4v) is 3.73. The third-order valence-electron chi connectivity index (χ3n) is 3.41. The van der Waals surface area contributed by atoms with Crippen molar-refractivity contribution in [3.05, 3.63) is 51.5 Å². The Morgan fingerprint density at radius 1 is 1.08 bits per heavy atom. The molecule has 0 fully saturated rings. The van der Waals surface area contributed by atoms with E-state index in [0.29, 0.717) is 26.7 Å². The van der Waals surface area contributed by atoms with Crippen LogP contribution in [0.2, 0.25) is 10.0 Å². The van der Waals surface area contributed by atoms with Gasteiger partial charge in [0, 0.05) is 33.0 Å². The van der Waals surface area contributed by atoms with Gasteiger partial charge in [0.1, 0.15) is 0 Å². The van der Waals surface area contributed by atoms with Crippen molar-refractivity contribution in [1.82, 2.24) is 0 Å². The van der Waals surface area contributed by atoms with Crippen LogP contribution in [0.4, 0.5) is 0 Å². The third kappa shape index (κ3) is 4.31. The minimum Gasteiger partial charge on any atom is -0.370 e. The van der Waals surface area contributed by atoms with Crippen LogP contribution in [-0.4, -0.2) is 26.5 Å². The summed E-state index contributed by atoms with van der Waals surface area (Å²) in [5.41, 5.74) is 11.9. The first-order valence-corrected chi connectivity index (χ1v) is 9.59. The summed E-state index contributed by atoms with van der Waals surface area (Å²) in [6.07, 6.45) is 1.04. The maximum absolute atomic E-state index is 12.2. The summed E-state index contributed by atoms with van der Waals surface area (Å²) in [5, 5.41) is 0.714. The number of hydrogen-bond donors (Lipinski definition) is 2. The van der Waals surface area contributed by atoms with Crippen molar-refractivity contribution in [1.29, 1.82) is 0 Å².